The SMILES string of the molecule is COc1cccc(CC=C(CO)c2ccccc2)c1C(=O)O. The molecule has 0 aliphatic heterocycles. The van der Waals surface area contributed by atoms with Crippen molar-refractivity contribution in [1.29, 1.82) is 0 Å². The van der Waals surface area contributed by atoms with Crippen molar-refractivity contribution in [3.63, 3.8) is 0 Å². The lowest BCUT2D eigenvalue weighted by molar-refractivity contribution is 0.0692. The first-order valence-electron chi connectivity index (χ1n) is 6.92. The molecule has 0 aliphatic carbocycles. The number of allylic oxidation sites excluding steroid dienone is 1. The molecular weight excluding hydrogens is 280 g/mol. The third kappa shape index (κ3) is 3.54. The Morgan fingerprint density at radius 2 is 1.86 bits per heavy atom. The van der Waals surface area contributed by atoms with Crippen molar-refractivity contribution in [2.45, 2.75) is 6.42 Å². The molecule has 2 aromatic rings. The topological polar surface area (TPSA) is 66.8 Å². The Kier molecular flexibility index (Phi) is 5.33. The Bertz CT molecular complexity index is 675. The summed E-state index contributed by atoms with van der Waals surface area (Å²) in [6.07, 6.45) is 2.25. The number of carboxylic acids is 1. The molecule has 4 nitrogen and oxygen atoms in total. The minimum absolute atomic E-state index is 0.101. The zero-order valence-corrected chi connectivity index (χ0v) is 12.3. The van der Waals surface area contributed by atoms with Crippen molar-refractivity contribution in [2.24, 2.45) is 0 Å². The van der Waals surface area contributed by atoms with Gasteiger partial charge in [0.05, 0.1) is 13.7 Å². The molecule has 0 amide bonds. The van der Waals surface area contributed by atoms with E-state index in [-0.39, 0.29) is 12.2 Å². The van der Waals surface area contributed by atoms with Crippen molar-refractivity contribution < 1.29 is 19.7 Å². The molecule has 2 N–H and O–H groups in total. The second-order valence-corrected chi connectivity index (χ2v) is 4.76. The summed E-state index contributed by atoms with van der Waals surface area (Å²) < 4.78 is 5.11. The molecule has 2 rings (SSSR count). The smallest absolute Gasteiger partial charge is 0.339 e. The minimum atomic E-state index is -1.02. The first-order chi connectivity index (χ1) is 10.7. The molecule has 22 heavy (non-hydrogen) atoms. The van der Waals surface area contributed by atoms with Gasteiger partial charge in [-0.3, -0.25) is 0 Å². The van der Waals surface area contributed by atoms with E-state index in [0.717, 1.165) is 11.1 Å². The number of ether oxygens (including phenoxy) is 1. The Hall–Kier alpha value is -2.59. The molecule has 0 saturated carbocycles. The molecule has 0 atom stereocenters. The van der Waals surface area contributed by atoms with Crippen LogP contribution in [-0.4, -0.2) is 29.9 Å². The number of carboxylic acid groups (broad SMARTS) is 1. The van der Waals surface area contributed by atoms with Crippen LogP contribution in [0.2, 0.25) is 0 Å². The minimum Gasteiger partial charge on any atom is -0.496 e. The molecule has 0 unspecified atom stereocenters. The lowest BCUT2D eigenvalue weighted by Gasteiger charge is -2.10. The van der Waals surface area contributed by atoms with Crippen LogP contribution in [0.15, 0.2) is 54.6 Å². The maximum Gasteiger partial charge on any atom is 0.339 e. The molecule has 0 aromatic heterocycles. The number of aliphatic hydroxyl groups excluding tert-OH is 1. The van der Waals surface area contributed by atoms with Gasteiger partial charge in [-0.15, -0.1) is 0 Å². The number of hydrogen-bond acceptors (Lipinski definition) is 3. The summed E-state index contributed by atoms with van der Waals surface area (Å²) in [5.74, 6) is -0.685. The Labute approximate surface area is 129 Å². The van der Waals surface area contributed by atoms with E-state index < -0.39 is 5.97 Å². The average molecular weight is 298 g/mol. The number of benzene rings is 2. The van der Waals surface area contributed by atoms with Crippen molar-refractivity contribution >= 4 is 11.5 Å². The quantitative estimate of drug-likeness (QED) is 0.860. The normalized spacial score (nSPS) is 11.3. The fourth-order valence-corrected chi connectivity index (χ4v) is 2.32. The van der Waals surface area contributed by atoms with Crippen molar-refractivity contribution in [1.82, 2.24) is 0 Å². The summed E-state index contributed by atoms with van der Waals surface area (Å²) in [4.78, 5) is 11.4. The first-order valence-corrected chi connectivity index (χ1v) is 6.92. The maximum atomic E-state index is 11.4. The monoisotopic (exact) mass is 298 g/mol. The summed E-state index contributed by atoms with van der Waals surface area (Å²) in [7, 11) is 1.45. The lowest BCUT2D eigenvalue weighted by Crippen LogP contribution is -2.05. The molecule has 114 valence electrons. The highest BCUT2D eigenvalue weighted by Gasteiger charge is 2.15. The van der Waals surface area contributed by atoms with E-state index >= 15 is 0 Å². The van der Waals surface area contributed by atoms with Crippen molar-refractivity contribution in [3.8, 4) is 5.75 Å². The number of hydrogen-bond donors (Lipinski definition) is 2. The van der Waals surface area contributed by atoms with Gasteiger partial charge in [-0.1, -0.05) is 48.5 Å². The van der Waals surface area contributed by atoms with Gasteiger partial charge in [0.25, 0.3) is 0 Å². The van der Waals surface area contributed by atoms with E-state index in [2.05, 4.69) is 0 Å². The summed E-state index contributed by atoms with van der Waals surface area (Å²) >= 11 is 0. The predicted octanol–water partition coefficient (Wildman–Crippen LogP) is 3.01. The fourth-order valence-electron chi connectivity index (χ4n) is 2.32. The third-order valence-corrected chi connectivity index (χ3v) is 3.43. The van der Waals surface area contributed by atoms with E-state index in [1.165, 1.54) is 7.11 Å². The van der Waals surface area contributed by atoms with Crippen LogP contribution in [0.4, 0.5) is 0 Å². The van der Waals surface area contributed by atoms with Crippen LogP contribution in [-0.2, 0) is 6.42 Å². The predicted molar refractivity (Wildman–Crippen MR) is 85.2 cm³/mol. The van der Waals surface area contributed by atoms with Crippen LogP contribution in [0.1, 0.15) is 21.5 Å². The standard InChI is InChI=1S/C18H18O4/c1-22-16-9-5-8-14(17(16)18(20)21)10-11-15(12-19)13-6-3-2-4-7-13/h2-9,11,19H,10,12H2,1H3,(H,20,21). The van der Waals surface area contributed by atoms with E-state index in [4.69, 9.17) is 4.74 Å². The van der Waals surface area contributed by atoms with Gasteiger partial charge >= 0.3 is 5.97 Å². The Balaban J connectivity index is 2.34. The van der Waals surface area contributed by atoms with Gasteiger partial charge in [0.15, 0.2) is 0 Å². The highest BCUT2D eigenvalue weighted by atomic mass is 16.5. The number of aliphatic hydroxyl groups is 1. The van der Waals surface area contributed by atoms with Gasteiger partial charge in [-0.25, -0.2) is 4.79 Å². The molecule has 0 radical (unpaired) electrons. The Morgan fingerprint density at radius 3 is 2.45 bits per heavy atom. The zero-order valence-electron chi connectivity index (χ0n) is 12.3. The van der Waals surface area contributed by atoms with Gasteiger partial charge in [-0.05, 0) is 29.2 Å². The lowest BCUT2D eigenvalue weighted by atomic mass is 9.99. The first kappa shape index (κ1) is 15.8. The molecule has 0 spiro atoms. The number of methoxy groups -OCH3 is 1. The van der Waals surface area contributed by atoms with Gasteiger partial charge < -0.3 is 14.9 Å². The molecule has 0 fully saturated rings. The third-order valence-electron chi connectivity index (χ3n) is 3.43. The van der Waals surface area contributed by atoms with Gasteiger partial charge in [0.1, 0.15) is 11.3 Å². The summed E-state index contributed by atoms with van der Waals surface area (Å²) in [5.41, 5.74) is 2.49. The fraction of sp³-hybridized carbons (Fsp3) is 0.167. The van der Waals surface area contributed by atoms with Gasteiger partial charge in [0, 0.05) is 0 Å². The zero-order chi connectivity index (χ0) is 15.9. The van der Waals surface area contributed by atoms with Gasteiger partial charge in [0.2, 0.25) is 0 Å². The summed E-state index contributed by atoms with van der Waals surface area (Å²) in [5, 5.41) is 18.9. The molecule has 0 saturated heterocycles. The average Bonchev–Trinajstić information content (AvgIpc) is 2.55. The number of carbonyl (C=O) groups is 1. The highest BCUT2D eigenvalue weighted by molar-refractivity contribution is 5.92. The second-order valence-electron chi connectivity index (χ2n) is 4.76. The van der Waals surface area contributed by atoms with Crippen LogP contribution >= 0.6 is 0 Å². The highest BCUT2D eigenvalue weighted by Crippen LogP contribution is 2.24. The van der Waals surface area contributed by atoms with Crippen LogP contribution in [0.3, 0.4) is 0 Å². The van der Waals surface area contributed by atoms with Crippen molar-refractivity contribution in [3.05, 3.63) is 71.3 Å². The second kappa shape index (κ2) is 7.43. The maximum absolute atomic E-state index is 11.4. The van der Waals surface area contributed by atoms with E-state index in [9.17, 15) is 15.0 Å². The molecule has 0 aliphatic rings. The van der Waals surface area contributed by atoms with E-state index in [0.29, 0.717) is 17.7 Å². The van der Waals surface area contributed by atoms with Crippen LogP contribution in [0.25, 0.3) is 5.57 Å². The Morgan fingerprint density at radius 1 is 1.14 bits per heavy atom. The van der Waals surface area contributed by atoms with Gasteiger partial charge in [-0.2, -0.15) is 0 Å². The molecule has 2 aromatic carbocycles. The summed E-state index contributed by atoms with van der Waals surface area (Å²) in [6.45, 7) is -0.101. The van der Waals surface area contributed by atoms with Crippen LogP contribution in [0.5, 0.6) is 5.75 Å². The molecular formula is C18H18O4. The molecule has 0 bridgehead atoms. The van der Waals surface area contributed by atoms with Crippen LogP contribution < -0.4 is 4.74 Å². The number of rotatable bonds is 6. The van der Waals surface area contributed by atoms with Crippen LogP contribution in [0, 0.1) is 0 Å². The van der Waals surface area contributed by atoms with E-state index in [1.54, 1.807) is 18.2 Å². The summed E-state index contributed by atoms with van der Waals surface area (Å²) in [6, 6.07) is 14.7. The van der Waals surface area contributed by atoms with Crippen molar-refractivity contribution in [2.75, 3.05) is 13.7 Å². The molecule has 4 heteroatoms. The van der Waals surface area contributed by atoms with E-state index in [1.807, 2.05) is 36.4 Å². The number of aromatic carboxylic acids is 1. The molecule has 0 heterocycles. The largest absolute Gasteiger partial charge is 0.496 e.